The Kier molecular flexibility index (Phi) is 5.12. The van der Waals surface area contributed by atoms with Crippen molar-refractivity contribution in [1.82, 2.24) is 14.9 Å². The van der Waals surface area contributed by atoms with Gasteiger partial charge in [0.2, 0.25) is 11.9 Å². The topological polar surface area (TPSA) is 69.6 Å². The lowest BCUT2D eigenvalue weighted by Gasteiger charge is -2.34. The molecule has 0 bridgehead atoms. The van der Waals surface area contributed by atoms with E-state index in [-0.39, 0.29) is 18.4 Å². The van der Waals surface area contributed by atoms with Gasteiger partial charge in [0.05, 0.1) is 11.3 Å². The number of carbonyl (C=O) groups is 2. The Balaban J connectivity index is 1.76. The van der Waals surface area contributed by atoms with Crippen LogP contribution in [0.15, 0.2) is 24.4 Å². The normalized spacial score (nSPS) is 14.5. The number of anilines is 2. The molecule has 1 aromatic carbocycles. The van der Waals surface area contributed by atoms with Gasteiger partial charge in [-0.15, -0.1) is 0 Å². The van der Waals surface area contributed by atoms with Crippen molar-refractivity contribution in [1.29, 1.82) is 0 Å². The Hall–Kier alpha value is -2.96. The summed E-state index contributed by atoms with van der Waals surface area (Å²) in [7, 11) is 3.70. The van der Waals surface area contributed by atoms with E-state index in [1.54, 1.807) is 27.8 Å². The zero-order valence-corrected chi connectivity index (χ0v) is 16.5. The highest BCUT2D eigenvalue weighted by Gasteiger charge is 2.29. The SMILES string of the molecule is Cc1cc(C)cc(N2CCN(C(=O)c3cnc(N(C)C)nc3C)CC2=O)c1. The lowest BCUT2D eigenvalue weighted by atomic mass is 10.1. The number of benzene rings is 1. The van der Waals surface area contributed by atoms with Crippen LogP contribution in [0.2, 0.25) is 0 Å². The van der Waals surface area contributed by atoms with Gasteiger partial charge in [-0.25, -0.2) is 9.97 Å². The van der Waals surface area contributed by atoms with Gasteiger partial charge in [0.15, 0.2) is 0 Å². The number of amides is 2. The molecule has 0 radical (unpaired) electrons. The van der Waals surface area contributed by atoms with E-state index < -0.39 is 0 Å². The van der Waals surface area contributed by atoms with E-state index in [9.17, 15) is 9.59 Å². The second kappa shape index (κ2) is 7.34. The monoisotopic (exact) mass is 367 g/mol. The summed E-state index contributed by atoms with van der Waals surface area (Å²) in [5.41, 5.74) is 4.17. The summed E-state index contributed by atoms with van der Waals surface area (Å²) in [6.45, 7) is 6.83. The molecule has 27 heavy (non-hydrogen) atoms. The van der Waals surface area contributed by atoms with Gasteiger partial charge in [0, 0.05) is 39.1 Å². The number of aryl methyl sites for hydroxylation is 3. The quantitative estimate of drug-likeness (QED) is 0.829. The van der Waals surface area contributed by atoms with Gasteiger partial charge in [-0.3, -0.25) is 9.59 Å². The lowest BCUT2D eigenvalue weighted by molar-refractivity contribution is -0.120. The van der Waals surface area contributed by atoms with E-state index in [1.165, 1.54) is 0 Å². The van der Waals surface area contributed by atoms with Crippen LogP contribution in [0.25, 0.3) is 0 Å². The molecule has 1 aliphatic rings. The molecular formula is C20H25N5O2. The van der Waals surface area contributed by atoms with Crippen molar-refractivity contribution in [3.63, 3.8) is 0 Å². The van der Waals surface area contributed by atoms with E-state index in [0.29, 0.717) is 30.3 Å². The van der Waals surface area contributed by atoms with Crippen molar-refractivity contribution in [2.45, 2.75) is 20.8 Å². The van der Waals surface area contributed by atoms with Crippen LogP contribution in [0.5, 0.6) is 0 Å². The minimum Gasteiger partial charge on any atom is -0.347 e. The third-order valence-corrected chi connectivity index (χ3v) is 4.62. The number of aromatic nitrogens is 2. The predicted molar refractivity (Wildman–Crippen MR) is 105 cm³/mol. The van der Waals surface area contributed by atoms with E-state index >= 15 is 0 Å². The minimum atomic E-state index is -0.203. The first kappa shape index (κ1) is 18.8. The average molecular weight is 367 g/mol. The Morgan fingerprint density at radius 1 is 1.07 bits per heavy atom. The van der Waals surface area contributed by atoms with Crippen LogP contribution in [0.1, 0.15) is 27.2 Å². The Labute approximate surface area is 159 Å². The maximum Gasteiger partial charge on any atom is 0.257 e. The van der Waals surface area contributed by atoms with Crippen molar-refractivity contribution < 1.29 is 9.59 Å². The second-order valence-corrected chi connectivity index (χ2v) is 7.18. The fourth-order valence-corrected chi connectivity index (χ4v) is 3.28. The Bertz CT molecular complexity index is 874. The summed E-state index contributed by atoms with van der Waals surface area (Å²) in [4.78, 5) is 39.2. The zero-order chi connectivity index (χ0) is 19.7. The van der Waals surface area contributed by atoms with Gasteiger partial charge >= 0.3 is 0 Å². The maximum atomic E-state index is 12.9. The molecule has 7 nitrogen and oxygen atoms in total. The number of piperazine rings is 1. The molecule has 3 rings (SSSR count). The van der Waals surface area contributed by atoms with Crippen LogP contribution >= 0.6 is 0 Å². The first-order valence-electron chi connectivity index (χ1n) is 8.95. The molecule has 0 N–H and O–H groups in total. The van der Waals surface area contributed by atoms with Crippen molar-refractivity contribution >= 4 is 23.5 Å². The molecule has 0 atom stereocenters. The van der Waals surface area contributed by atoms with E-state index in [0.717, 1.165) is 16.8 Å². The molecule has 1 aromatic heterocycles. The molecule has 7 heteroatoms. The zero-order valence-electron chi connectivity index (χ0n) is 16.5. The highest BCUT2D eigenvalue weighted by Crippen LogP contribution is 2.22. The van der Waals surface area contributed by atoms with Gasteiger partial charge in [0.1, 0.15) is 6.54 Å². The van der Waals surface area contributed by atoms with Crippen LogP contribution in [0.4, 0.5) is 11.6 Å². The molecule has 2 amide bonds. The lowest BCUT2D eigenvalue weighted by Crippen LogP contribution is -2.52. The van der Waals surface area contributed by atoms with Crippen molar-refractivity contribution in [2.24, 2.45) is 0 Å². The van der Waals surface area contributed by atoms with Gasteiger partial charge in [-0.2, -0.15) is 0 Å². The predicted octanol–water partition coefficient (Wildman–Crippen LogP) is 1.96. The standard InChI is InChI=1S/C20H25N5O2/c1-13-8-14(2)10-16(9-13)25-7-6-24(12-18(25)26)19(27)17-11-21-20(23(4)5)22-15(17)3/h8-11H,6-7,12H2,1-5H3. The number of hydrogen-bond acceptors (Lipinski definition) is 5. The van der Waals surface area contributed by atoms with Crippen LogP contribution in [-0.2, 0) is 4.79 Å². The Morgan fingerprint density at radius 3 is 2.30 bits per heavy atom. The molecule has 1 fully saturated rings. The van der Waals surface area contributed by atoms with Crippen LogP contribution in [-0.4, -0.2) is 60.4 Å². The van der Waals surface area contributed by atoms with E-state index in [1.807, 2.05) is 40.1 Å². The molecular weight excluding hydrogens is 342 g/mol. The van der Waals surface area contributed by atoms with Crippen molar-refractivity contribution in [2.75, 3.05) is 43.5 Å². The molecule has 2 heterocycles. The molecule has 0 saturated carbocycles. The fraction of sp³-hybridized carbons (Fsp3) is 0.400. The number of hydrogen-bond donors (Lipinski definition) is 0. The van der Waals surface area contributed by atoms with Crippen molar-refractivity contribution in [3.05, 3.63) is 46.8 Å². The number of rotatable bonds is 3. The molecule has 142 valence electrons. The van der Waals surface area contributed by atoms with Gasteiger partial charge in [0.25, 0.3) is 5.91 Å². The summed E-state index contributed by atoms with van der Waals surface area (Å²) >= 11 is 0. The van der Waals surface area contributed by atoms with Gasteiger partial charge < -0.3 is 14.7 Å². The molecule has 1 saturated heterocycles. The molecule has 2 aromatic rings. The van der Waals surface area contributed by atoms with Crippen LogP contribution < -0.4 is 9.80 Å². The first-order valence-corrected chi connectivity index (χ1v) is 8.95. The maximum absolute atomic E-state index is 12.9. The molecule has 1 aliphatic heterocycles. The Morgan fingerprint density at radius 2 is 1.74 bits per heavy atom. The highest BCUT2D eigenvalue weighted by atomic mass is 16.2. The smallest absolute Gasteiger partial charge is 0.257 e. The highest BCUT2D eigenvalue weighted by molar-refractivity contribution is 6.02. The summed E-state index contributed by atoms with van der Waals surface area (Å²) < 4.78 is 0. The summed E-state index contributed by atoms with van der Waals surface area (Å²) in [6.07, 6.45) is 1.54. The summed E-state index contributed by atoms with van der Waals surface area (Å²) in [5, 5.41) is 0. The summed E-state index contributed by atoms with van der Waals surface area (Å²) in [5.74, 6) is 0.272. The third kappa shape index (κ3) is 3.92. The first-order chi connectivity index (χ1) is 12.8. The number of carbonyl (C=O) groups excluding carboxylic acids is 2. The largest absolute Gasteiger partial charge is 0.347 e. The van der Waals surface area contributed by atoms with Crippen molar-refractivity contribution in [3.8, 4) is 0 Å². The van der Waals surface area contributed by atoms with Gasteiger partial charge in [-0.05, 0) is 44.0 Å². The van der Waals surface area contributed by atoms with Crippen LogP contribution in [0.3, 0.4) is 0 Å². The number of nitrogens with zero attached hydrogens (tertiary/aromatic N) is 5. The molecule has 0 aliphatic carbocycles. The molecule has 0 spiro atoms. The van der Waals surface area contributed by atoms with Gasteiger partial charge in [-0.1, -0.05) is 6.07 Å². The van der Waals surface area contributed by atoms with E-state index in [4.69, 9.17) is 0 Å². The fourth-order valence-electron chi connectivity index (χ4n) is 3.28. The van der Waals surface area contributed by atoms with Crippen LogP contribution in [0, 0.1) is 20.8 Å². The minimum absolute atomic E-state index is 0.0562. The second-order valence-electron chi connectivity index (χ2n) is 7.18. The average Bonchev–Trinajstić information content (AvgIpc) is 2.60. The molecule has 0 unspecified atom stereocenters. The third-order valence-electron chi connectivity index (χ3n) is 4.62. The summed E-state index contributed by atoms with van der Waals surface area (Å²) in [6, 6.07) is 6.08. The van der Waals surface area contributed by atoms with E-state index in [2.05, 4.69) is 16.0 Å².